The van der Waals surface area contributed by atoms with Gasteiger partial charge in [0.1, 0.15) is 0 Å². The molecule has 0 saturated carbocycles. The Hall–Kier alpha value is -1.50. The van der Waals surface area contributed by atoms with E-state index in [0.29, 0.717) is 0 Å². The molecule has 0 heterocycles. The minimum Gasteiger partial charge on any atom is -0.368 e. The normalized spacial score (nSPS) is 7.90. The zero-order chi connectivity index (χ0) is 7.98. The molecule has 0 fully saturated rings. The predicted molar refractivity (Wildman–Crippen MR) is 35.7 cm³/mol. The molecule has 4 nitrogen and oxygen atoms in total. The van der Waals surface area contributed by atoms with Crippen LogP contribution in [0.3, 0.4) is 0 Å². The van der Waals surface area contributed by atoms with Crippen LogP contribution < -0.4 is 11.1 Å². The lowest BCUT2D eigenvalue weighted by Crippen LogP contribution is -2.32. The minimum atomic E-state index is -0.578. The second-order valence-electron chi connectivity index (χ2n) is 1.62. The molecule has 4 heteroatoms. The first kappa shape index (κ1) is 8.50. The van der Waals surface area contributed by atoms with E-state index in [4.69, 9.17) is 12.2 Å². The number of rotatable bonds is 3. The van der Waals surface area contributed by atoms with Crippen LogP contribution >= 0.6 is 0 Å². The lowest BCUT2D eigenvalue weighted by atomic mass is 10.4. The van der Waals surface area contributed by atoms with Crippen molar-refractivity contribution in [1.29, 1.82) is 0 Å². The van der Waals surface area contributed by atoms with Crippen LogP contribution in [0.4, 0.5) is 0 Å². The van der Waals surface area contributed by atoms with E-state index in [1.807, 2.05) is 0 Å². The molecular weight excluding hydrogens is 132 g/mol. The van der Waals surface area contributed by atoms with E-state index in [1.165, 1.54) is 0 Å². The standard InChI is InChI=1S/C6H8N2O2/c1-2-3-6(10)8-4-5(7)9/h1H,3-4H2,(H2,7,9)(H,8,10). The van der Waals surface area contributed by atoms with Gasteiger partial charge >= 0.3 is 0 Å². The lowest BCUT2D eigenvalue weighted by molar-refractivity contribution is -0.124. The highest BCUT2D eigenvalue weighted by molar-refractivity contribution is 5.84. The van der Waals surface area contributed by atoms with Crippen molar-refractivity contribution >= 4 is 11.8 Å². The molecule has 0 aromatic rings. The molecule has 0 saturated heterocycles. The van der Waals surface area contributed by atoms with Crippen LogP contribution in [0, 0.1) is 12.3 Å². The van der Waals surface area contributed by atoms with E-state index in [-0.39, 0.29) is 18.9 Å². The topological polar surface area (TPSA) is 72.2 Å². The van der Waals surface area contributed by atoms with Gasteiger partial charge in [-0.15, -0.1) is 6.42 Å². The van der Waals surface area contributed by atoms with Gasteiger partial charge in [0.2, 0.25) is 11.8 Å². The van der Waals surface area contributed by atoms with Crippen molar-refractivity contribution in [2.75, 3.05) is 6.54 Å². The molecule has 0 bridgehead atoms. The van der Waals surface area contributed by atoms with Crippen LogP contribution in [0.1, 0.15) is 6.42 Å². The molecule has 0 spiro atoms. The second-order valence-corrected chi connectivity index (χ2v) is 1.62. The molecule has 0 rings (SSSR count). The molecule has 3 N–H and O–H groups in total. The van der Waals surface area contributed by atoms with Crippen LogP contribution in [0.5, 0.6) is 0 Å². The fourth-order valence-corrected chi connectivity index (χ4v) is 0.341. The van der Waals surface area contributed by atoms with Crippen molar-refractivity contribution in [3.05, 3.63) is 0 Å². The molecule has 0 aromatic heterocycles. The summed E-state index contributed by atoms with van der Waals surface area (Å²) in [6.07, 6.45) is 4.79. The van der Waals surface area contributed by atoms with Crippen molar-refractivity contribution in [2.24, 2.45) is 5.73 Å². The number of nitrogens with one attached hydrogen (secondary N) is 1. The van der Waals surface area contributed by atoms with Gasteiger partial charge in [0, 0.05) is 0 Å². The summed E-state index contributed by atoms with van der Waals surface area (Å²) in [5.41, 5.74) is 4.73. The summed E-state index contributed by atoms with van der Waals surface area (Å²) in [6, 6.07) is 0. The maximum absolute atomic E-state index is 10.5. The van der Waals surface area contributed by atoms with Crippen molar-refractivity contribution in [3.63, 3.8) is 0 Å². The molecule has 2 amide bonds. The van der Waals surface area contributed by atoms with Gasteiger partial charge in [-0.25, -0.2) is 0 Å². The minimum absolute atomic E-state index is 0.0206. The summed E-state index contributed by atoms with van der Waals surface area (Å²) < 4.78 is 0. The van der Waals surface area contributed by atoms with Gasteiger partial charge in [-0.1, -0.05) is 5.92 Å². The molecule has 0 aliphatic rings. The fourth-order valence-electron chi connectivity index (χ4n) is 0.341. The fraction of sp³-hybridized carbons (Fsp3) is 0.333. The van der Waals surface area contributed by atoms with Gasteiger partial charge in [0.25, 0.3) is 0 Å². The Balaban J connectivity index is 3.42. The number of terminal acetylenes is 1. The van der Waals surface area contributed by atoms with Crippen LogP contribution in [-0.2, 0) is 9.59 Å². The SMILES string of the molecule is C#CCC(=O)NCC(N)=O. The summed E-state index contributed by atoms with van der Waals surface area (Å²) in [6.45, 7) is -0.152. The van der Waals surface area contributed by atoms with Crippen LogP contribution in [0.25, 0.3) is 0 Å². The van der Waals surface area contributed by atoms with Gasteiger partial charge in [-0.3, -0.25) is 9.59 Å². The summed E-state index contributed by atoms with van der Waals surface area (Å²) in [5.74, 6) is 1.19. The first-order chi connectivity index (χ1) is 4.66. The first-order valence-corrected chi connectivity index (χ1v) is 2.65. The maximum Gasteiger partial charge on any atom is 0.236 e. The average Bonchev–Trinajstić information content (AvgIpc) is 1.85. The molecule has 54 valence electrons. The highest BCUT2D eigenvalue weighted by atomic mass is 16.2. The number of carbonyl (C=O) groups is 2. The summed E-state index contributed by atoms with van der Waals surface area (Å²) in [7, 11) is 0. The Morgan fingerprint density at radius 3 is 2.60 bits per heavy atom. The third kappa shape index (κ3) is 4.65. The number of hydrogen-bond donors (Lipinski definition) is 2. The predicted octanol–water partition coefficient (Wildman–Crippen LogP) is -1.39. The highest BCUT2D eigenvalue weighted by Crippen LogP contribution is 1.72. The lowest BCUT2D eigenvalue weighted by Gasteiger charge is -1.96. The summed E-state index contributed by atoms with van der Waals surface area (Å²) >= 11 is 0. The Morgan fingerprint density at radius 2 is 2.20 bits per heavy atom. The Bertz CT molecular complexity index is 181. The van der Waals surface area contributed by atoms with E-state index < -0.39 is 5.91 Å². The van der Waals surface area contributed by atoms with Crippen molar-refractivity contribution < 1.29 is 9.59 Å². The van der Waals surface area contributed by atoms with Crippen molar-refractivity contribution in [2.45, 2.75) is 6.42 Å². The highest BCUT2D eigenvalue weighted by Gasteiger charge is 1.98. The van der Waals surface area contributed by atoms with E-state index in [0.717, 1.165) is 0 Å². The molecule has 0 radical (unpaired) electrons. The molecule has 0 aliphatic heterocycles. The molecule has 0 aromatic carbocycles. The molecule has 0 aliphatic carbocycles. The number of hydrogen-bond acceptors (Lipinski definition) is 2. The van der Waals surface area contributed by atoms with E-state index in [9.17, 15) is 9.59 Å². The zero-order valence-corrected chi connectivity index (χ0v) is 5.39. The van der Waals surface area contributed by atoms with Gasteiger partial charge in [-0.2, -0.15) is 0 Å². The van der Waals surface area contributed by atoms with Crippen molar-refractivity contribution in [3.8, 4) is 12.3 Å². The van der Waals surface area contributed by atoms with Gasteiger partial charge in [0.15, 0.2) is 0 Å². The van der Waals surface area contributed by atoms with E-state index in [1.54, 1.807) is 0 Å². The molecular formula is C6H8N2O2. The monoisotopic (exact) mass is 140 g/mol. The van der Waals surface area contributed by atoms with Crippen LogP contribution in [0.2, 0.25) is 0 Å². The quantitative estimate of drug-likeness (QED) is 0.474. The smallest absolute Gasteiger partial charge is 0.236 e. The Kier molecular flexibility index (Phi) is 3.73. The van der Waals surface area contributed by atoms with Gasteiger partial charge < -0.3 is 11.1 Å². The second kappa shape index (κ2) is 4.39. The van der Waals surface area contributed by atoms with Gasteiger partial charge in [0.05, 0.1) is 13.0 Å². The van der Waals surface area contributed by atoms with Crippen LogP contribution in [0.15, 0.2) is 0 Å². The van der Waals surface area contributed by atoms with Crippen molar-refractivity contribution in [1.82, 2.24) is 5.32 Å². The maximum atomic E-state index is 10.5. The molecule has 0 atom stereocenters. The zero-order valence-electron chi connectivity index (χ0n) is 5.39. The summed E-state index contributed by atoms with van der Waals surface area (Å²) in [4.78, 5) is 20.5. The molecule has 0 unspecified atom stereocenters. The number of primary amides is 1. The van der Waals surface area contributed by atoms with E-state index in [2.05, 4.69) is 11.2 Å². The Morgan fingerprint density at radius 1 is 1.60 bits per heavy atom. The van der Waals surface area contributed by atoms with Crippen LogP contribution in [-0.4, -0.2) is 18.4 Å². The third-order valence-electron chi connectivity index (χ3n) is 0.722. The first-order valence-electron chi connectivity index (χ1n) is 2.65. The largest absolute Gasteiger partial charge is 0.368 e. The number of carbonyl (C=O) groups excluding carboxylic acids is 2. The third-order valence-corrected chi connectivity index (χ3v) is 0.722. The number of nitrogens with two attached hydrogens (primary N) is 1. The average molecular weight is 140 g/mol. The molecule has 10 heavy (non-hydrogen) atoms. The van der Waals surface area contributed by atoms with Gasteiger partial charge in [-0.05, 0) is 0 Å². The number of amides is 2. The van der Waals surface area contributed by atoms with E-state index >= 15 is 0 Å². The Labute approximate surface area is 58.8 Å². The summed E-state index contributed by atoms with van der Waals surface area (Å²) in [5, 5.41) is 2.23.